The van der Waals surface area contributed by atoms with E-state index in [-0.39, 0.29) is 0 Å². The highest BCUT2D eigenvalue weighted by molar-refractivity contribution is 6.00. The predicted molar refractivity (Wildman–Crippen MR) is 95.2 cm³/mol. The Kier molecular flexibility index (Phi) is 4.81. The number of hydrogen-bond donors (Lipinski definition) is 1. The smallest absolute Gasteiger partial charge is 0.115 e. The molecule has 1 fully saturated rings. The van der Waals surface area contributed by atoms with Crippen LogP contribution in [0, 0.1) is 0 Å². The predicted octanol–water partition coefficient (Wildman–Crippen LogP) is 3.33. The summed E-state index contributed by atoms with van der Waals surface area (Å²) >= 11 is 0. The first-order valence-electron chi connectivity index (χ1n) is 8.18. The van der Waals surface area contributed by atoms with Gasteiger partial charge >= 0.3 is 0 Å². The summed E-state index contributed by atoms with van der Waals surface area (Å²) in [6.45, 7) is 5.94. The molecule has 1 heterocycles. The Labute approximate surface area is 137 Å². The maximum Gasteiger partial charge on any atom is 0.115 e. The number of hydrogen-bond acceptors (Lipinski definition) is 4. The largest absolute Gasteiger partial charge is 0.508 e. The van der Waals surface area contributed by atoms with Crippen molar-refractivity contribution in [1.82, 2.24) is 5.01 Å². The first-order chi connectivity index (χ1) is 11.3. The highest BCUT2D eigenvalue weighted by atomic mass is 16.3. The van der Waals surface area contributed by atoms with Crippen molar-refractivity contribution in [3.8, 4) is 5.75 Å². The molecule has 23 heavy (non-hydrogen) atoms. The molecule has 0 radical (unpaired) electrons. The zero-order chi connectivity index (χ0) is 16.1. The van der Waals surface area contributed by atoms with Crippen LogP contribution in [-0.4, -0.2) is 42.0 Å². The summed E-state index contributed by atoms with van der Waals surface area (Å²) in [5.41, 5.74) is 3.43. The van der Waals surface area contributed by atoms with Gasteiger partial charge < -0.3 is 10.0 Å². The molecule has 0 atom stereocenters. The first-order valence-corrected chi connectivity index (χ1v) is 8.18. The molecular formula is C19H23N3O. The Morgan fingerprint density at radius 1 is 0.957 bits per heavy atom. The fraction of sp³-hybridized carbons (Fsp3) is 0.316. The minimum Gasteiger partial charge on any atom is -0.508 e. The Bertz CT molecular complexity index is 644. The Morgan fingerprint density at radius 2 is 1.61 bits per heavy atom. The van der Waals surface area contributed by atoms with Crippen molar-refractivity contribution in [2.24, 2.45) is 5.10 Å². The summed E-state index contributed by atoms with van der Waals surface area (Å²) in [5, 5.41) is 16.4. The molecule has 120 valence electrons. The van der Waals surface area contributed by atoms with Gasteiger partial charge in [-0.05, 0) is 48.4 Å². The Hall–Kier alpha value is -2.49. The molecule has 4 heteroatoms. The normalized spacial score (nSPS) is 15.8. The van der Waals surface area contributed by atoms with E-state index >= 15 is 0 Å². The average Bonchev–Trinajstić information content (AvgIpc) is 2.62. The van der Waals surface area contributed by atoms with Crippen molar-refractivity contribution in [3.63, 3.8) is 0 Å². The number of nitrogens with zero attached hydrogens (tertiary/aromatic N) is 3. The van der Waals surface area contributed by atoms with E-state index in [2.05, 4.69) is 47.2 Å². The topological polar surface area (TPSA) is 39.1 Å². The van der Waals surface area contributed by atoms with Gasteiger partial charge in [0, 0.05) is 18.8 Å². The van der Waals surface area contributed by atoms with Crippen molar-refractivity contribution in [2.45, 2.75) is 13.3 Å². The van der Waals surface area contributed by atoms with E-state index in [1.54, 1.807) is 12.1 Å². The second-order valence-electron chi connectivity index (χ2n) is 5.72. The minimum absolute atomic E-state index is 0.292. The first kappa shape index (κ1) is 15.4. The van der Waals surface area contributed by atoms with E-state index in [9.17, 15) is 5.11 Å². The molecule has 1 saturated heterocycles. The van der Waals surface area contributed by atoms with Crippen molar-refractivity contribution in [2.75, 3.05) is 31.1 Å². The minimum atomic E-state index is 0.292. The summed E-state index contributed by atoms with van der Waals surface area (Å²) in [7, 11) is 0. The summed E-state index contributed by atoms with van der Waals surface area (Å²) in [6.07, 6.45) is 0.879. The van der Waals surface area contributed by atoms with E-state index in [1.165, 1.54) is 5.69 Å². The van der Waals surface area contributed by atoms with Crippen molar-refractivity contribution in [3.05, 3.63) is 60.2 Å². The number of anilines is 1. The lowest BCUT2D eigenvalue weighted by Gasteiger charge is -2.35. The average molecular weight is 309 g/mol. The van der Waals surface area contributed by atoms with Crippen LogP contribution in [0.1, 0.15) is 18.9 Å². The second kappa shape index (κ2) is 7.18. The fourth-order valence-corrected chi connectivity index (χ4v) is 2.85. The van der Waals surface area contributed by atoms with Gasteiger partial charge in [0.25, 0.3) is 0 Å². The SMILES string of the molecule is CCC(=NN1CCN(c2ccccc2)CC1)c1ccc(O)cc1. The molecule has 1 aliphatic rings. The number of phenols is 1. The molecule has 0 bridgehead atoms. The monoisotopic (exact) mass is 309 g/mol. The zero-order valence-corrected chi connectivity index (χ0v) is 13.5. The van der Waals surface area contributed by atoms with Gasteiger partial charge in [-0.2, -0.15) is 5.10 Å². The van der Waals surface area contributed by atoms with Crippen molar-refractivity contribution >= 4 is 11.4 Å². The number of phenolic OH excluding ortho intramolecular Hbond substituents is 1. The number of hydrazone groups is 1. The molecule has 4 nitrogen and oxygen atoms in total. The van der Waals surface area contributed by atoms with Crippen LogP contribution < -0.4 is 4.90 Å². The molecule has 1 aliphatic heterocycles. The molecule has 1 N–H and O–H groups in total. The summed E-state index contributed by atoms with van der Waals surface area (Å²) in [4.78, 5) is 2.40. The number of para-hydroxylation sites is 1. The Morgan fingerprint density at radius 3 is 2.22 bits per heavy atom. The maximum atomic E-state index is 9.41. The molecule has 2 aromatic carbocycles. The van der Waals surface area contributed by atoms with E-state index in [0.29, 0.717) is 5.75 Å². The molecule has 0 amide bonds. The molecule has 3 rings (SSSR count). The van der Waals surface area contributed by atoms with Crippen LogP contribution in [-0.2, 0) is 0 Å². The van der Waals surface area contributed by atoms with Crippen molar-refractivity contribution in [1.29, 1.82) is 0 Å². The van der Waals surface area contributed by atoms with Gasteiger partial charge in [-0.3, -0.25) is 5.01 Å². The van der Waals surface area contributed by atoms with Gasteiger partial charge in [0.15, 0.2) is 0 Å². The Balaban J connectivity index is 1.65. The third-order valence-electron chi connectivity index (χ3n) is 4.17. The lowest BCUT2D eigenvalue weighted by atomic mass is 10.1. The zero-order valence-electron chi connectivity index (χ0n) is 13.5. The van der Waals surface area contributed by atoms with Crippen LogP contribution in [0.2, 0.25) is 0 Å². The summed E-state index contributed by atoms with van der Waals surface area (Å²) in [5.74, 6) is 0.292. The number of piperazine rings is 1. The summed E-state index contributed by atoms with van der Waals surface area (Å²) < 4.78 is 0. The van der Waals surface area contributed by atoms with E-state index < -0.39 is 0 Å². The van der Waals surface area contributed by atoms with Gasteiger partial charge in [0.2, 0.25) is 0 Å². The maximum absolute atomic E-state index is 9.41. The summed E-state index contributed by atoms with van der Waals surface area (Å²) in [6, 6.07) is 17.8. The lowest BCUT2D eigenvalue weighted by molar-refractivity contribution is 0.270. The molecule has 0 saturated carbocycles. The van der Waals surface area contributed by atoms with Crippen LogP contribution in [0.5, 0.6) is 5.75 Å². The van der Waals surface area contributed by atoms with Gasteiger partial charge in [0.05, 0.1) is 18.8 Å². The number of benzene rings is 2. The van der Waals surface area contributed by atoms with Gasteiger partial charge in [-0.1, -0.05) is 25.1 Å². The molecule has 2 aromatic rings. The van der Waals surface area contributed by atoms with Gasteiger partial charge in [-0.25, -0.2) is 0 Å². The quantitative estimate of drug-likeness (QED) is 0.881. The third-order valence-corrected chi connectivity index (χ3v) is 4.17. The van der Waals surface area contributed by atoms with E-state index in [4.69, 9.17) is 5.10 Å². The molecule has 0 spiro atoms. The third kappa shape index (κ3) is 3.83. The fourth-order valence-electron chi connectivity index (χ4n) is 2.85. The molecule has 0 aromatic heterocycles. The molecule has 0 unspecified atom stereocenters. The number of aromatic hydroxyl groups is 1. The van der Waals surface area contributed by atoms with Crippen LogP contribution >= 0.6 is 0 Å². The van der Waals surface area contributed by atoms with Crippen LogP contribution in [0.25, 0.3) is 0 Å². The molecule has 0 aliphatic carbocycles. The van der Waals surface area contributed by atoms with Crippen LogP contribution in [0.3, 0.4) is 0 Å². The highest BCUT2D eigenvalue weighted by Gasteiger charge is 2.16. The standard InChI is InChI=1S/C19H23N3O/c1-2-19(16-8-10-18(23)11-9-16)20-22-14-12-21(13-15-22)17-6-4-3-5-7-17/h3-11,23H,2,12-15H2,1H3. The van der Waals surface area contributed by atoms with Gasteiger partial charge in [0.1, 0.15) is 5.75 Å². The van der Waals surface area contributed by atoms with E-state index in [1.807, 2.05) is 12.1 Å². The van der Waals surface area contributed by atoms with Crippen molar-refractivity contribution < 1.29 is 5.11 Å². The highest BCUT2D eigenvalue weighted by Crippen LogP contribution is 2.17. The van der Waals surface area contributed by atoms with E-state index in [0.717, 1.165) is 43.9 Å². The second-order valence-corrected chi connectivity index (χ2v) is 5.72. The molecular weight excluding hydrogens is 286 g/mol. The number of rotatable bonds is 4. The van der Waals surface area contributed by atoms with Crippen LogP contribution in [0.4, 0.5) is 5.69 Å². The lowest BCUT2D eigenvalue weighted by Crippen LogP contribution is -2.44. The van der Waals surface area contributed by atoms with Crippen LogP contribution in [0.15, 0.2) is 59.7 Å². The van der Waals surface area contributed by atoms with Gasteiger partial charge in [-0.15, -0.1) is 0 Å².